The number of amides is 1. The Labute approximate surface area is 169 Å². The molecule has 3 aromatic rings. The number of H-pyrrole nitrogens is 1. The van der Waals surface area contributed by atoms with Crippen LogP contribution in [0.3, 0.4) is 0 Å². The predicted molar refractivity (Wildman–Crippen MR) is 115 cm³/mol. The Balaban J connectivity index is 1.79. The average Bonchev–Trinajstić information content (AvgIpc) is 2.90. The molecule has 6 heteroatoms. The van der Waals surface area contributed by atoms with E-state index in [9.17, 15) is 9.59 Å². The first-order chi connectivity index (χ1) is 14.1. The van der Waals surface area contributed by atoms with E-state index in [1.807, 2.05) is 55.5 Å². The number of nitrogens with one attached hydrogen (secondary N) is 2. The summed E-state index contributed by atoms with van der Waals surface area (Å²) in [6.45, 7) is 2.60. The molecule has 0 unspecified atom stereocenters. The number of hydrogen-bond donors (Lipinski definition) is 2. The number of carbonyl (C=O) groups excluding carboxylic acids is 1. The minimum absolute atomic E-state index is 0.197. The van der Waals surface area contributed by atoms with Gasteiger partial charge < -0.3 is 5.32 Å². The van der Waals surface area contributed by atoms with Crippen LogP contribution < -0.4 is 10.9 Å². The van der Waals surface area contributed by atoms with E-state index in [-0.39, 0.29) is 11.5 Å². The first-order valence-electron chi connectivity index (χ1n) is 9.96. The van der Waals surface area contributed by atoms with Crippen LogP contribution in [0.1, 0.15) is 47.2 Å². The van der Waals surface area contributed by atoms with E-state index in [0.717, 1.165) is 37.0 Å². The minimum atomic E-state index is -0.250. The quantitative estimate of drug-likeness (QED) is 0.706. The molecule has 1 amide bonds. The van der Waals surface area contributed by atoms with Gasteiger partial charge in [0.1, 0.15) is 11.4 Å². The fraction of sp³-hybridized carbons (Fsp3) is 0.261. The molecule has 0 saturated heterocycles. The highest BCUT2D eigenvalue weighted by Gasteiger charge is 2.23. The molecule has 0 bridgehead atoms. The molecule has 0 radical (unpaired) electrons. The Hall–Kier alpha value is -3.41. The van der Waals surface area contributed by atoms with Crippen LogP contribution in [0.5, 0.6) is 0 Å². The number of para-hydroxylation sites is 1. The van der Waals surface area contributed by atoms with Gasteiger partial charge in [0, 0.05) is 12.1 Å². The lowest BCUT2D eigenvalue weighted by atomic mass is 10.1. The fourth-order valence-electron chi connectivity index (χ4n) is 3.64. The number of aromatic amines is 1. The molecule has 0 atom stereocenters. The Morgan fingerprint density at radius 3 is 2.59 bits per heavy atom. The standard InChI is InChI=1S/C23H24N4O2/c1-16-10-7-8-13-18(16)22(28)25-21-20(19-14-6-3-9-15-24-19)23(29)27(26-21)17-11-4-2-5-12-17/h2,4-5,7-8,10-13,26H,3,6,9,14-15H2,1H3,(H,25,28). The summed E-state index contributed by atoms with van der Waals surface area (Å²) in [5.74, 6) is 0.146. The topological polar surface area (TPSA) is 79.2 Å². The van der Waals surface area contributed by atoms with Gasteiger partial charge in [-0.25, -0.2) is 4.68 Å². The summed E-state index contributed by atoms with van der Waals surface area (Å²) >= 11 is 0. The molecule has 1 aromatic heterocycles. The third kappa shape index (κ3) is 3.92. The maximum Gasteiger partial charge on any atom is 0.282 e. The smallest absolute Gasteiger partial charge is 0.282 e. The van der Waals surface area contributed by atoms with Gasteiger partial charge in [-0.1, -0.05) is 42.8 Å². The van der Waals surface area contributed by atoms with Crippen molar-refractivity contribution in [1.82, 2.24) is 9.78 Å². The number of rotatable bonds is 4. The maximum atomic E-state index is 13.3. The summed E-state index contributed by atoms with van der Waals surface area (Å²) < 4.78 is 1.47. The Morgan fingerprint density at radius 2 is 1.79 bits per heavy atom. The van der Waals surface area contributed by atoms with Gasteiger partial charge in [-0.05, 0) is 49.9 Å². The van der Waals surface area contributed by atoms with Crippen molar-refractivity contribution in [2.24, 2.45) is 4.99 Å². The monoisotopic (exact) mass is 388 g/mol. The SMILES string of the molecule is Cc1ccccc1C(=O)Nc1[nH]n(-c2ccccc2)c(=O)c1C1=NCCCCC1. The van der Waals surface area contributed by atoms with Crippen molar-refractivity contribution < 1.29 is 4.79 Å². The first-order valence-corrected chi connectivity index (χ1v) is 9.96. The minimum Gasteiger partial charge on any atom is -0.306 e. The molecule has 2 aromatic carbocycles. The molecule has 4 rings (SSSR count). The second-order valence-corrected chi connectivity index (χ2v) is 7.25. The van der Waals surface area contributed by atoms with Crippen molar-refractivity contribution in [2.45, 2.75) is 32.6 Å². The van der Waals surface area contributed by atoms with Gasteiger partial charge in [-0.15, -0.1) is 0 Å². The van der Waals surface area contributed by atoms with Crippen molar-refractivity contribution in [3.8, 4) is 5.69 Å². The van der Waals surface area contributed by atoms with E-state index in [2.05, 4.69) is 15.4 Å². The van der Waals surface area contributed by atoms with Gasteiger partial charge in [0.05, 0.1) is 11.4 Å². The third-order valence-corrected chi connectivity index (χ3v) is 5.20. The number of aliphatic imine (C=N–C) groups is 1. The van der Waals surface area contributed by atoms with Gasteiger partial charge in [0.2, 0.25) is 0 Å². The molecule has 0 aliphatic carbocycles. The van der Waals surface area contributed by atoms with Crippen LogP contribution >= 0.6 is 0 Å². The van der Waals surface area contributed by atoms with Crippen LogP contribution in [0.25, 0.3) is 5.69 Å². The zero-order chi connectivity index (χ0) is 20.2. The van der Waals surface area contributed by atoms with E-state index in [0.29, 0.717) is 29.2 Å². The zero-order valence-corrected chi connectivity index (χ0v) is 16.4. The van der Waals surface area contributed by atoms with Crippen LogP contribution in [0.2, 0.25) is 0 Å². The average molecular weight is 388 g/mol. The van der Waals surface area contributed by atoms with Crippen molar-refractivity contribution in [3.63, 3.8) is 0 Å². The van der Waals surface area contributed by atoms with Crippen LogP contribution in [0.4, 0.5) is 5.82 Å². The molecule has 148 valence electrons. The molecule has 0 saturated carbocycles. The summed E-state index contributed by atoms with van der Waals surface area (Å²) in [4.78, 5) is 30.9. The second-order valence-electron chi connectivity index (χ2n) is 7.25. The number of aromatic nitrogens is 2. The van der Waals surface area contributed by atoms with Crippen LogP contribution in [-0.4, -0.2) is 27.9 Å². The Bertz CT molecular complexity index is 1110. The van der Waals surface area contributed by atoms with Crippen molar-refractivity contribution in [2.75, 3.05) is 11.9 Å². The number of hydrogen-bond acceptors (Lipinski definition) is 3. The van der Waals surface area contributed by atoms with Crippen molar-refractivity contribution in [3.05, 3.63) is 81.6 Å². The Morgan fingerprint density at radius 1 is 1.03 bits per heavy atom. The molecule has 29 heavy (non-hydrogen) atoms. The predicted octanol–water partition coefficient (Wildman–Crippen LogP) is 4.09. The molecule has 6 nitrogen and oxygen atoms in total. The summed E-state index contributed by atoms with van der Waals surface area (Å²) in [7, 11) is 0. The number of nitrogens with zero attached hydrogens (tertiary/aromatic N) is 2. The van der Waals surface area contributed by atoms with Crippen LogP contribution in [0.15, 0.2) is 64.4 Å². The highest BCUT2D eigenvalue weighted by atomic mass is 16.2. The largest absolute Gasteiger partial charge is 0.306 e. The lowest BCUT2D eigenvalue weighted by Crippen LogP contribution is -2.21. The van der Waals surface area contributed by atoms with E-state index in [4.69, 9.17) is 0 Å². The number of aryl methyl sites for hydroxylation is 1. The van der Waals surface area contributed by atoms with Crippen molar-refractivity contribution in [1.29, 1.82) is 0 Å². The van der Waals surface area contributed by atoms with Crippen LogP contribution in [-0.2, 0) is 0 Å². The van der Waals surface area contributed by atoms with E-state index in [1.54, 1.807) is 6.07 Å². The Kier molecular flexibility index (Phi) is 5.42. The zero-order valence-electron chi connectivity index (χ0n) is 16.4. The van der Waals surface area contributed by atoms with Gasteiger partial charge in [-0.2, -0.15) is 0 Å². The normalized spacial score (nSPS) is 14.2. The highest BCUT2D eigenvalue weighted by Crippen LogP contribution is 2.20. The fourth-order valence-corrected chi connectivity index (χ4v) is 3.64. The second kappa shape index (κ2) is 8.31. The first kappa shape index (κ1) is 18.9. The maximum absolute atomic E-state index is 13.3. The number of anilines is 1. The van der Waals surface area contributed by atoms with Crippen LogP contribution in [0, 0.1) is 6.92 Å². The molecular weight excluding hydrogens is 364 g/mol. The van der Waals surface area contributed by atoms with Gasteiger partial charge in [-0.3, -0.25) is 19.7 Å². The summed E-state index contributed by atoms with van der Waals surface area (Å²) in [6, 6.07) is 16.7. The summed E-state index contributed by atoms with van der Waals surface area (Å²) in [6.07, 6.45) is 3.83. The lowest BCUT2D eigenvalue weighted by molar-refractivity contribution is 0.102. The molecule has 2 heterocycles. The molecule has 0 spiro atoms. The highest BCUT2D eigenvalue weighted by molar-refractivity contribution is 6.10. The van der Waals surface area contributed by atoms with E-state index in [1.165, 1.54) is 4.68 Å². The summed E-state index contributed by atoms with van der Waals surface area (Å²) in [5.41, 5.74) is 3.19. The molecule has 2 N–H and O–H groups in total. The van der Waals surface area contributed by atoms with Gasteiger partial charge >= 0.3 is 0 Å². The molecule has 0 fully saturated rings. The number of benzene rings is 2. The lowest BCUT2D eigenvalue weighted by Gasteiger charge is -2.08. The van der Waals surface area contributed by atoms with Gasteiger partial charge in [0.25, 0.3) is 11.5 Å². The number of carbonyl (C=O) groups is 1. The van der Waals surface area contributed by atoms with E-state index >= 15 is 0 Å². The molecular formula is C23H24N4O2. The third-order valence-electron chi connectivity index (χ3n) is 5.20. The van der Waals surface area contributed by atoms with E-state index < -0.39 is 0 Å². The van der Waals surface area contributed by atoms with Gasteiger partial charge in [0.15, 0.2) is 0 Å². The molecule has 1 aliphatic rings. The summed E-state index contributed by atoms with van der Waals surface area (Å²) in [5, 5.41) is 6.02. The van der Waals surface area contributed by atoms with Crippen molar-refractivity contribution >= 4 is 17.4 Å². The molecule has 1 aliphatic heterocycles.